The Kier molecular flexibility index (Phi) is 4.62. The van der Waals surface area contributed by atoms with Crippen LogP contribution in [0.2, 0.25) is 5.02 Å². The van der Waals surface area contributed by atoms with Crippen LogP contribution >= 0.6 is 11.6 Å². The Hall–Kier alpha value is -2.07. The second kappa shape index (κ2) is 7.04. The second-order valence-corrected chi connectivity index (χ2v) is 7.35. The molecule has 1 aromatic heterocycles. The Morgan fingerprint density at radius 3 is 2.80 bits per heavy atom. The van der Waals surface area contributed by atoms with E-state index in [4.69, 9.17) is 16.3 Å². The first-order chi connectivity index (χ1) is 12.2. The third-order valence-electron chi connectivity index (χ3n) is 4.86. The fourth-order valence-electron chi connectivity index (χ4n) is 3.01. The lowest BCUT2D eigenvalue weighted by molar-refractivity contribution is -0.122. The summed E-state index contributed by atoms with van der Waals surface area (Å²) in [4.78, 5) is 16.6. The van der Waals surface area contributed by atoms with Crippen molar-refractivity contribution in [2.75, 3.05) is 6.61 Å². The van der Waals surface area contributed by atoms with Crippen molar-refractivity contribution >= 4 is 17.5 Å². The van der Waals surface area contributed by atoms with Gasteiger partial charge in [0.25, 0.3) is 0 Å². The van der Waals surface area contributed by atoms with Crippen molar-refractivity contribution in [1.29, 1.82) is 0 Å². The van der Waals surface area contributed by atoms with Gasteiger partial charge in [0.1, 0.15) is 0 Å². The van der Waals surface area contributed by atoms with Crippen molar-refractivity contribution in [3.8, 4) is 5.88 Å². The molecule has 0 spiro atoms. The maximum Gasteiger partial charge on any atom is 0.224 e. The van der Waals surface area contributed by atoms with Gasteiger partial charge in [-0.15, -0.1) is 0 Å². The number of ether oxygens (including phenoxy) is 1. The van der Waals surface area contributed by atoms with Crippen LogP contribution in [0.15, 0.2) is 42.6 Å². The fraction of sp³-hybridized carbons (Fsp3) is 0.400. The van der Waals surface area contributed by atoms with Crippen LogP contribution < -0.4 is 10.1 Å². The predicted molar refractivity (Wildman–Crippen MR) is 96.6 cm³/mol. The number of carbonyl (C=O) groups is 1. The van der Waals surface area contributed by atoms with E-state index < -0.39 is 0 Å². The number of halogens is 1. The molecule has 0 aliphatic heterocycles. The van der Waals surface area contributed by atoms with E-state index in [1.807, 2.05) is 36.4 Å². The van der Waals surface area contributed by atoms with Gasteiger partial charge >= 0.3 is 0 Å². The number of pyridine rings is 1. The monoisotopic (exact) mass is 356 g/mol. The maximum absolute atomic E-state index is 12.3. The van der Waals surface area contributed by atoms with Gasteiger partial charge in [0.05, 0.1) is 6.61 Å². The highest BCUT2D eigenvalue weighted by Crippen LogP contribution is 2.49. The predicted octanol–water partition coefficient (Wildman–Crippen LogP) is 3.94. The number of nitrogens with zero attached hydrogens (tertiary/aromatic N) is 1. The number of nitrogens with one attached hydrogen (secondary N) is 1. The highest BCUT2D eigenvalue weighted by Gasteiger charge is 2.44. The molecule has 2 saturated carbocycles. The topological polar surface area (TPSA) is 51.2 Å². The number of hydrogen-bond acceptors (Lipinski definition) is 3. The molecule has 0 radical (unpaired) electrons. The second-order valence-electron chi connectivity index (χ2n) is 6.95. The van der Waals surface area contributed by atoms with Crippen LogP contribution in [-0.4, -0.2) is 17.5 Å². The number of amides is 1. The molecule has 5 heteroatoms. The molecule has 130 valence electrons. The van der Waals surface area contributed by atoms with Gasteiger partial charge in [0.15, 0.2) is 0 Å². The Morgan fingerprint density at radius 2 is 2.08 bits per heavy atom. The number of rotatable bonds is 7. The van der Waals surface area contributed by atoms with Crippen LogP contribution in [0.1, 0.15) is 36.3 Å². The lowest BCUT2D eigenvalue weighted by Crippen LogP contribution is -2.25. The van der Waals surface area contributed by atoms with Crippen LogP contribution in [0, 0.1) is 11.8 Å². The van der Waals surface area contributed by atoms with Crippen LogP contribution in [-0.2, 0) is 11.3 Å². The van der Waals surface area contributed by atoms with Crippen LogP contribution in [0.3, 0.4) is 0 Å². The minimum Gasteiger partial charge on any atom is -0.477 e. The SMILES string of the molecule is O=C(NCc1ccc(OCC2CC2)nc1)C1CC1c1ccccc1Cl. The van der Waals surface area contributed by atoms with Gasteiger partial charge < -0.3 is 10.1 Å². The summed E-state index contributed by atoms with van der Waals surface area (Å²) in [6.45, 7) is 1.24. The number of carbonyl (C=O) groups excluding carboxylic acids is 1. The smallest absolute Gasteiger partial charge is 0.224 e. The van der Waals surface area contributed by atoms with Crippen LogP contribution in [0.5, 0.6) is 5.88 Å². The summed E-state index contributed by atoms with van der Waals surface area (Å²) in [7, 11) is 0. The molecule has 2 aromatic rings. The average Bonchev–Trinajstić information content (AvgIpc) is 3.53. The molecular weight excluding hydrogens is 336 g/mol. The van der Waals surface area contributed by atoms with Gasteiger partial charge in [0.2, 0.25) is 11.8 Å². The van der Waals surface area contributed by atoms with E-state index in [0.29, 0.717) is 18.3 Å². The van der Waals surface area contributed by atoms with Gasteiger partial charge in [-0.05, 0) is 48.3 Å². The Labute approximate surface area is 152 Å². The number of hydrogen-bond donors (Lipinski definition) is 1. The van der Waals surface area contributed by atoms with Crippen molar-refractivity contribution in [2.45, 2.75) is 31.7 Å². The molecule has 1 N–H and O–H groups in total. The molecule has 2 fully saturated rings. The van der Waals surface area contributed by atoms with Crippen molar-refractivity contribution in [3.05, 3.63) is 58.7 Å². The normalized spacial score (nSPS) is 21.6. The molecule has 4 nitrogen and oxygen atoms in total. The molecular formula is C20H21ClN2O2. The summed E-state index contributed by atoms with van der Waals surface area (Å²) in [6.07, 6.45) is 5.16. The molecule has 0 saturated heterocycles. The standard InChI is InChI=1S/C20H21ClN2O2/c21-18-4-2-1-3-15(18)16-9-17(16)20(24)23-11-14-7-8-19(22-10-14)25-12-13-5-6-13/h1-4,7-8,10,13,16-17H,5-6,9,11-12H2,(H,23,24). The van der Waals surface area contributed by atoms with E-state index in [9.17, 15) is 4.79 Å². The highest BCUT2D eigenvalue weighted by molar-refractivity contribution is 6.31. The summed E-state index contributed by atoms with van der Waals surface area (Å²) in [5, 5.41) is 3.74. The Morgan fingerprint density at radius 1 is 1.24 bits per heavy atom. The minimum atomic E-state index is 0.0222. The molecule has 2 aliphatic rings. The number of aromatic nitrogens is 1. The van der Waals surface area contributed by atoms with E-state index >= 15 is 0 Å². The number of benzene rings is 1. The van der Waals surface area contributed by atoms with Crippen LogP contribution in [0.4, 0.5) is 0 Å². The molecule has 2 unspecified atom stereocenters. The van der Waals surface area contributed by atoms with E-state index in [0.717, 1.165) is 29.2 Å². The highest BCUT2D eigenvalue weighted by atomic mass is 35.5. The molecule has 1 amide bonds. The largest absolute Gasteiger partial charge is 0.477 e. The molecule has 2 atom stereocenters. The molecule has 2 aliphatic carbocycles. The van der Waals surface area contributed by atoms with Crippen molar-refractivity contribution in [1.82, 2.24) is 10.3 Å². The lowest BCUT2D eigenvalue weighted by atomic mass is 10.1. The summed E-state index contributed by atoms with van der Waals surface area (Å²) >= 11 is 6.21. The lowest BCUT2D eigenvalue weighted by Gasteiger charge is -2.07. The maximum atomic E-state index is 12.3. The van der Waals surface area contributed by atoms with E-state index in [2.05, 4.69) is 10.3 Å². The summed E-state index contributed by atoms with van der Waals surface area (Å²) in [5.74, 6) is 1.71. The average molecular weight is 357 g/mol. The van der Waals surface area contributed by atoms with Crippen LogP contribution in [0.25, 0.3) is 0 Å². The first-order valence-corrected chi connectivity index (χ1v) is 9.18. The molecule has 0 bridgehead atoms. The van der Waals surface area contributed by atoms with E-state index in [1.54, 1.807) is 6.20 Å². The fourth-order valence-corrected chi connectivity index (χ4v) is 3.29. The zero-order chi connectivity index (χ0) is 17.2. The summed E-state index contributed by atoms with van der Waals surface area (Å²) < 4.78 is 5.62. The van der Waals surface area contributed by atoms with Gasteiger partial charge in [0, 0.05) is 29.7 Å². The molecule has 1 heterocycles. The quantitative estimate of drug-likeness (QED) is 0.817. The third-order valence-corrected chi connectivity index (χ3v) is 5.20. The zero-order valence-electron chi connectivity index (χ0n) is 14.0. The van der Waals surface area contributed by atoms with Gasteiger partial charge in [-0.25, -0.2) is 4.98 Å². The Balaban J connectivity index is 1.25. The first kappa shape index (κ1) is 16.4. The van der Waals surface area contributed by atoms with Gasteiger partial charge in [-0.2, -0.15) is 0 Å². The first-order valence-electron chi connectivity index (χ1n) is 8.80. The van der Waals surface area contributed by atoms with E-state index in [-0.39, 0.29) is 17.7 Å². The third kappa shape index (κ3) is 4.13. The zero-order valence-corrected chi connectivity index (χ0v) is 14.7. The summed E-state index contributed by atoms with van der Waals surface area (Å²) in [6, 6.07) is 11.6. The van der Waals surface area contributed by atoms with Gasteiger partial charge in [-0.1, -0.05) is 35.9 Å². The molecule has 25 heavy (non-hydrogen) atoms. The minimum absolute atomic E-state index is 0.0222. The van der Waals surface area contributed by atoms with Gasteiger partial charge in [-0.3, -0.25) is 4.79 Å². The molecule has 4 rings (SSSR count). The van der Waals surface area contributed by atoms with Crippen molar-refractivity contribution < 1.29 is 9.53 Å². The van der Waals surface area contributed by atoms with Crippen molar-refractivity contribution in [2.24, 2.45) is 11.8 Å². The van der Waals surface area contributed by atoms with E-state index in [1.165, 1.54) is 12.8 Å². The molecule has 1 aromatic carbocycles. The Bertz CT molecular complexity index is 759. The van der Waals surface area contributed by atoms with Crippen molar-refractivity contribution in [3.63, 3.8) is 0 Å². The summed E-state index contributed by atoms with van der Waals surface area (Å²) in [5.41, 5.74) is 2.05.